The molecule has 3 aromatic heterocycles. The summed E-state index contributed by atoms with van der Waals surface area (Å²) in [4.78, 5) is 10.8. The summed E-state index contributed by atoms with van der Waals surface area (Å²) >= 11 is 12.7. The van der Waals surface area contributed by atoms with Crippen molar-refractivity contribution >= 4 is 39.9 Å². The van der Waals surface area contributed by atoms with Crippen molar-refractivity contribution in [2.24, 2.45) is 0 Å². The van der Waals surface area contributed by atoms with E-state index in [4.69, 9.17) is 32.7 Å². The third kappa shape index (κ3) is 4.33. The quantitative estimate of drug-likeness (QED) is 0.343. The third-order valence-electron chi connectivity index (χ3n) is 6.11. The Bertz CT molecular complexity index is 1420. The number of nitrogens with one attached hydrogen (secondary N) is 1. The van der Waals surface area contributed by atoms with E-state index >= 15 is 0 Å². The number of benzene rings is 1. The van der Waals surface area contributed by atoms with Gasteiger partial charge in [0.2, 0.25) is 0 Å². The molecule has 1 N–H and O–H groups in total. The van der Waals surface area contributed by atoms with Gasteiger partial charge in [-0.2, -0.15) is 10.4 Å². The predicted octanol–water partition coefficient (Wildman–Crippen LogP) is 5.95. The fraction of sp³-hybridized carbons (Fsp3) is 0.280. The Morgan fingerprint density at radius 1 is 1.09 bits per heavy atom. The highest BCUT2D eigenvalue weighted by Gasteiger charge is 2.22. The van der Waals surface area contributed by atoms with Crippen molar-refractivity contribution in [3.8, 4) is 28.8 Å². The Balaban J connectivity index is 1.54. The average molecular weight is 509 g/mol. The Labute approximate surface area is 212 Å². The van der Waals surface area contributed by atoms with Crippen LogP contribution in [0.2, 0.25) is 10.0 Å². The lowest BCUT2D eigenvalue weighted by molar-refractivity contribution is 0.216. The number of anilines is 1. The van der Waals surface area contributed by atoms with Crippen molar-refractivity contribution in [3.63, 3.8) is 0 Å². The van der Waals surface area contributed by atoms with Crippen LogP contribution in [-0.2, 0) is 0 Å². The van der Waals surface area contributed by atoms with Crippen LogP contribution in [0.3, 0.4) is 0 Å². The van der Waals surface area contributed by atoms with E-state index in [-0.39, 0.29) is 0 Å². The fourth-order valence-electron chi connectivity index (χ4n) is 4.41. The number of fused-ring (bicyclic) bond motifs is 1. The number of H-pyrrole nitrogens is 1. The van der Waals surface area contributed by atoms with E-state index < -0.39 is 6.10 Å². The van der Waals surface area contributed by atoms with Gasteiger partial charge in [0.1, 0.15) is 23.7 Å². The highest BCUT2D eigenvalue weighted by atomic mass is 35.5. The average Bonchev–Trinajstić information content (AvgIpc) is 3.53. The van der Waals surface area contributed by atoms with Crippen molar-refractivity contribution < 1.29 is 9.47 Å². The fourth-order valence-corrected chi connectivity index (χ4v) is 5.08. The number of rotatable bonds is 6. The van der Waals surface area contributed by atoms with Crippen LogP contribution >= 0.6 is 23.2 Å². The Hall–Kier alpha value is -3.54. The first-order valence-electron chi connectivity index (χ1n) is 11.2. The van der Waals surface area contributed by atoms with Crippen LogP contribution in [0.15, 0.2) is 36.8 Å². The summed E-state index contributed by atoms with van der Waals surface area (Å²) in [5, 5.41) is 19.0. The third-order valence-corrected chi connectivity index (χ3v) is 6.72. The monoisotopic (exact) mass is 508 g/mol. The largest absolute Gasteiger partial charge is 0.493 e. The smallest absolute Gasteiger partial charge is 0.162 e. The molecule has 1 aliphatic rings. The highest BCUT2D eigenvalue weighted by Crippen LogP contribution is 2.40. The number of halogens is 2. The molecule has 0 bridgehead atoms. The molecule has 0 saturated carbocycles. The molecule has 5 rings (SSSR count). The van der Waals surface area contributed by atoms with Crippen molar-refractivity contribution in [1.29, 1.82) is 5.26 Å². The second-order valence-corrected chi connectivity index (χ2v) is 9.11. The van der Waals surface area contributed by atoms with Crippen molar-refractivity contribution in [2.45, 2.75) is 25.9 Å². The maximum Gasteiger partial charge on any atom is 0.162 e. The van der Waals surface area contributed by atoms with Crippen LogP contribution in [0.4, 0.5) is 5.82 Å². The van der Waals surface area contributed by atoms with Crippen LogP contribution in [0.1, 0.15) is 37.0 Å². The van der Waals surface area contributed by atoms with Crippen molar-refractivity contribution in [3.05, 3.63) is 58.0 Å². The number of hydrogen-bond acceptors (Lipinski definition) is 7. The molecular weight excluding hydrogens is 487 g/mol. The molecule has 35 heavy (non-hydrogen) atoms. The van der Waals surface area contributed by atoms with E-state index in [1.807, 2.05) is 25.1 Å². The summed E-state index contributed by atoms with van der Waals surface area (Å²) in [5.74, 6) is 1.75. The maximum atomic E-state index is 9.77. The normalized spacial score (nSPS) is 14.2. The summed E-state index contributed by atoms with van der Waals surface area (Å²) in [6.07, 6.45) is 6.57. The van der Waals surface area contributed by atoms with Gasteiger partial charge in [0, 0.05) is 54.3 Å². The van der Waals surface area contributed by atoms with Crippen LogP contribution in [0.25, 0.3) is 22.2 Å². The maximum absolute atomic E-state index is 9.77. The molecule has 0 aliphatic carbocycles. The summed E-state index contributed by atoms with van der Waals surface area (Å²) in [6, 6.07) is 7.80. The van der Waals surface area contributed by atoms with E-state index in [0.717, 1.165) is 48.2 Å². The molecule has 1 aliphatic heterocycles. The first-order chi connectivity index (χ1) is 17.0. The lowest BCUT2D eigenvalue weighted by atomic mass is 10.1. The minimum Gasteiger partial charge on any atom is -0.493 e. The summed E-state index contributed by atoms with van der Waals surface area (Å²) in [6.45, 7) is 3.68. The zero-order valence-electron chi connectivity index (χ0n) is 19.2. The van der Waals surface area contributed by atoms with E-state index in [0.29, 0.717) is 38.4 Å². The Kier molecular flexibility index (Phi) is 6.37. The van der Waals surface area contributed by atoms with Gasteiger partial charge >= 0.3 is 0 Å². The molecule has 0 amide bonds. The van der Waals surface area contributed by atoms with Crippen molar-refractivity contribution in [2.75, 3.05) is 25.1 Å². The molecule has 4 heterocycles. The topological polar surface area (TPSA) is 100.0 Å². The van der Waals surface area contributed by atoms with Gasteiger partial charge in [-0.3, -0.25) is 10.1 Å². The van der Waals surface area contributed by atoms with Gasteiger partial charge in [-0.25, -0.2) is 4.98 Å². The van der Waals surface area contributed by atoms with Gasteiger partial charge in [-0.05, 0) is 31.9 Å². The van der Waals surface area contributed by atoms with Gasteiger partial charge in [0.05, 0.1) is 28.2 Å². The number of aromatic nitrogens is 4. The first-order valence-corrected chi connectivity index (χ1v) is 11.9. The van der Waals surface area contributed by atoms with Crippen LogP contribution < -0.4 is 14.4 Å². The van der Waals surface area contributed by atoms with Crippen LogP contribution in [0.5, 0.6) is 11.5 Å². The molecule has 10 heteroatoms. The molecule has 0 radical (unpaired) electrons. The molecule has 178 valence electrons. The molecule has 1 aromatic carbocycles. The summed E-state index contributed by atoms with van der Waals surface area (Å²) in [5.41, 5.74) is 3.33. The molecule has 4 aromatic rings. The number of nitriles is 1. The molecule has 1 unspecified atom stereocenters. The molecular formula is C25H22Cl2N6O2. The zero-order valence-corrected chi connectivity index (χ0v) is 20.7. The van der Waals surface area contributed by atoms with E-state index in [9.17, 15) is 5.26 Å². The van der Waals surface area contributed by atoms with Crippen LogP contribution in [-0.4, -0.2) is 40.4 Å². The Morgan fingerprint density at radius 2 is 1.83 bits per heavy atom. The minimum atomic E-state index is -0.466. The van der Waals surface area contributed by atoms with Gasteiger partial charge in [-0.1, -0.05) is 23.2 Å². The predicted molar refractivity (Wildman–Crippen MR) is 135 cm³/mol. The number of hydrogen-bond donors (Lipinski definition) is 1. The SMILES string of the molecule is COc1cc2[nH]nc(-c3cnc(N4CCCC4)c(C#N)c3)c2cc1OC(C)c1c(Cl)cncc1Cl. The second kappa shape index (κ2) is 9.61. The molecule has 0 spiro atoms. The second-order valence-electron chi connectivity index (χ2n) is 8.30. The minimum absolute atomic E-state index is 0.419. The highest BCUT2D eigenvalue weighted by molar-refractivity contribution is 6.35. The number of aromatic amines is 1. The van der Waals surface area contributed by atoms with E-state index in [1.54, 1.807) is 13.3 Å². The van der Waals surface area contributed by atoms with Gasteiger partial charge in [-0.15, -0.1) is 0 Å². The number of ether oxygens (including phenoxy) is 2. The van der Waals surface area contributed by atoms with Gasteiger partial charge in [0.25, 0.3) is 0 Å². The summed E-state index contributed by atoms with van der Waals surface area (Å²) < 4.78 is 11.8. The summed E-state index contributed by atoms with van der Waals surface area (Å²) in [7, 11) is 1.57. The lowest BCUT2D eigenvalue weighted by Crippen LogP contribution is -2.20. The number of nitrogens with zero attached hydrogens (tertiary/aromatic N) is 5. The van der Waals surface area contributed by atoms with Gasteiger partial charge < -0.3 is 14.4 Å². The van der Waals surface area contributed by atoms with E-state index in [1.165, 1.54) is 12.4 Å². The van der Waals surface area contributed by atoms with E-state index in [2.05, 4.69) is 31.1 Å². The van der Waals surface area contributed by atoms with Gasteiger partial charge in [0.15, 0.2) is 11.5 Å². The first kappa shape index (κ1) is 23.2. The zero-order chi connectivity index (χ0) is 24.5. The molecule has 8 nitrogen and oxygen atoms in total. The molecule has 1 atom stereocenters. The number of methoxy groups -OCH3 is 1. The standard InChI is InChI=1S/C25H22Cl2N6O2/c1-14(23-18(26)12-29-13-19(23)27)35-22-8-17-20(9-21(22)34-2)31-32-24(17)16-7-15(10-28)25(30-11-16)33-5-3-4-6-33/h7-9,11-14H,3-6H2,1-2H3,(H,31,32). The van der Waals surface area contributed by atoms with Crippen molar-refractivity contribution in [1.82, 2.24) is 20.2 Å². The Morgan fingerprint density at radius 3 is 2.51 bits per heavy atom. The molecule has 1 fully saturated rings. The lowest BCUT2D eigenvalue weighted by Gasteiger charge is -2.19. The van der Waals surface area contributed by atoms with Crippen LogP contribution in [0, 0.1) is 11.3 Å². The number of pyridine rings is 2. The molecule has 1 saturated heterocycles.